The maximum absolute atomic E-state index is 12.4. The Morgan fingerprint density at radius 2 is 1.69 bits per heavy atom. The van der Waals surface area contributed by atoms with Gasteiger partial charge in [0.05, 0.1) is 11.4 Å². The largest absolute Gasteiger partial charge is 0.350 e. The zero-order valence-corrected chi connectivity index (χ0v) is 15.6. The number of aromatic nitrogens is 4. The van der Waals surface area contributed by atoms with Crippen molar-refractivity contribution in [2.75, 3.05) is 6.54 Å². The number of benzene rings is 2. The third-order valence-corrected chi connectivity index (χ3v) is 4.44. The first kappa shape index (κ1) is 18.4. The molecule has 0 aliphatic heterocycles. The zero-order valence-electron chi connectivity index (χ0n) is 15.6. The molecule has 0 radical (unpaired) electrons. The van der Waals surface area contributed by atoms with Gasteiger partial charge in [0.1, 0.15) is 5.69 Å². The van der Waals surface area contributed by atoms with E-state index in [-0.39, 0.29) is 17.2 Å². The van der Waals surface area contributed by atoms with E-state index >= 15 is 0 Å². The SMILES string of the molecule is O=C(NCCc1ccc(-n2cccn2)cc1)c1ccc(=O)n(-c2ccccc2)n1. The zero-order chi connectivity index (χ0) is 20.1. The highest BCUT2D eigenvalue weighted by molar-refractivity contribution is 5.92. The van der Waals surface area contributed by atoms with E-state index in [0.29, 0.717) is 18.7 Å². The molecule has 0 saturated carbocycles. The van der Waals surface area contributed by atoms with Gasteiger partial charge in [-0.15, -0.1) is 0 Å². The van der Waals surface area contributed by atoms with Crippen molar-refractivity contribution in [3.63, 3.8) is 0 Å². The number of carbonyl (C=O) groups excluding carboxylic acids is 1. The normalized spacial score (nSPS) is 10.6. The van der Waals surface area contributed by atoms with Crippen LogP contribution in [0.15, 0.2) is 90.0 Å². The Morgan fingerprint density at radius 3 is 2.41 bits per heavy atom. The van der Waals surface area contributed by atoms with E-state index in [2.05, 4.69) is 15.5 Å². The fraction of sp³-hybridized carbons (Fsp3) is 0.0909. The molecule has 1 N–H and O–H groups in total. The number of hydrogen-bond donors (Lipinski definition) is 1. The lowest BCUT2D eigenvalue weighted by Gasteiger charge is -2.08. The van der Waals surface area contributed by atoms with Crippen LogP contribution in [0.2, 0.25) is 0 Å². The van der Waals surface area contributed by atoms with Crippen molar-refractivity contribution in [2.24, 2.45) is 0 Å². The van der Waals surface area contributed by atoms with E-state index in [9.17, 15) is 9.59 Å². The van der Waals surface area contributed by atoms with E-state index in [1.807, 2.05) is 54.7 Å². The van der Waals surface area contributed by atoms with E-state index in [0.717, 1.165) is 11.3 Å². The molecular weight excluding hydrogens is 366 g/mol. The quantitative estimate of drug-likeness (QED) is 0.553. The molecule has 7 nitrogen and oxygen atoms in total. The van der Waals surface area contributed by atoms with Crippen molar-refractivity contribution >= 4 is 5.91 Å². The van der Waals surface area contributed by atoms with Gasteiger partial charge >= 0.3 is 0 Å². The van der Waals surface area contributed by atoms with Gasteiger partial charge in [-0.05, 0) is 48.4 Å². The van der Waals surface area contributed by atoms with Gasteiger partial charge in [-0.25, -0.2) is 4.68 Å². The fourth-order valence-electron chi connectivity index (χ4n) is 2.93. The van der Waals surface area contributed by atoms with Gasteiger partial charge in [0, 0.05) is 25.0 Å². The highest BCUT2D eigenvalue weighted by atomic mass is 16.2. The molecule has 4 rings (SSSR count). The number of nitrogens with one attached hydrogen (secondary N) is 1. The molecule has 0 spiro atoms. The Labute approximate surface area is 167 Å². The Hall–Kier alpha value is -4.00. The van der Waals surface area contributed by atoms with Gasteiger partial charge in [0.2, 0.25) is 0 Å². The molecule has 1 amide bonds. The molecule has 29 heavy (non-hydrogen) atoms. The van der Waals surface area contributed by atoms with Gasteiger partial charge in [0.15, 0.2) is 0 Å². The Kier molecular flexibility index (Phi) is 5.29. The lowest BCUT2D eigenvalue weighted by molar-refractivity contribution is 0.0947. The first-order valence-corrected chi connectivity index (χ1v) is 9.24. The van der Waals surface area contributed by atoms with Crippen molar-refractivity contribution in [3.8, 4) is 11.4 Å². The average Bonchev–Trinajstić information content (AvgIpc) is 3.30. The van der Waals surface area contributed by atoms with Crippen molar-refractivity contribution < 1.29 is 4.79 Å². The van der Waals surface area contributed by atoms with E-state index in [1.54, 1.807) is 23.0 Å². The standard InChI is InChI=1S/C22H19N5O2/c28-21-12-11-20(25-27(21)19-5-2-1-3-6-19)22(29)23-15-13-17-7-9-18(10-8-17)26-16-4-14-24-26/h1-12,14,16H,13,15H2,(H,23,29). The molecule has 7 heteroatoms. The molecule has 0 unspecified atom stereocenters. The van der Waals surface area contributed by atoms with Crippen molar-refractivity contribution in [1.29, 1.82) is 0 Å². The summed E-state index contributed by atoms with van der Waals surface area (Å²) in [5.41, 5.74) is 2.61. The number of amides is 1. The third kappa shape index (κ3) is 4.30. The van der Waals surface area contributed by atoms with Crippen LogP contribution >= 0.6 is 0 Å². The number of rotatable bonds is 6. The van der Waals surface area contributed by atoms with Crippen LogP contribution in [0, 0.1) is 0 Å². The van der Waals surface area contributed by atoms with E-state index in [1.165, 1.54) is 16.8 Å². The van der Waals surface area contributed by atoms with Gasteiger partial charge < -0.3 is 5.32 Å². The highest BCUT2D eigenvalue weighted by Crippen LogP contribution is 2.09. The fourth-order valence-corrected chi connectivity index (χ4v) is 2.93. The van der Waals surface area contributed by atoms with Crippen LogP contribution in [0.25, 0.3) is 11.4 Å². The maximum Gasteiger partial charge on any atom is 0.271 e. The predicted octanol–water partition coefficient (Wildman–Crippen LogP) is 2.39. The van der Waals surface area contributed by atoms with Crippen LogP contribution in [0.4, 0.5) is 0 Å². The first-order chi connectivity index (χ1) is 14.2. The molecule has 0 aliphatic rings. The second kappa shape index (κ2) is 8.35. The van der Waals surface area contributed by atoms with Crippen molar-refractivity contribution in [3.05, 3.63) is 107 Å². The summed E-state index contributed by atoms with van der Waals surface area (Å²) in [6.07, 6.45) is 4.30. The monoisotopic (exact) mass is 385 g/mol. The summed E-state index contributed by atoms with van der Waals surface area (Å²) >= 11 is 0. The van der Waals surface area contributed by atoms with Gasteiger partial charge in [-0.3, -0.25) is 9.59 Å². The second-order valence-corrected chi connectivity index (χ2v) is 6.43. The molecule has 0 bridgehead atoms. The maximum atomic E-state index is 12.4. The van der Waals surface area contributed by atoms with E-state index < -0.39 is 0 Å². The Bertz CT molecular complexity index is 1150. The number of hydrogen-bond acceptors (Lipinski definition) is 4. The molecule has 2 aromatic heterocycles. The number of nitrogens with zero attached hydrogens (tertiary/aromatic N) is 4. The molecule has 0 saturated heterocycles. The van der Waals surface area contributed by atoms with Crippen molar-refractivity contribution in [1.82, 2.24) is 24.9 Å². The van der Waals surface area contributed by atoms with Crippen LogP contribution in [-0.4, -0.2) is 32.0 Å². The summed E-state index contributed by atoms with van der Waals surface area (Å²) in [5, 5.41) is 11.2. The van der Waals surface area contributed by atoms with Gasteiger partial charge in [0.25, 0.3) is 11.5 Å². The predicted molar refractivity (Wildman–Crippen MR) is 109 cm³/mol. The van der Waals surface area contributed by atoms with Gasteiger partial charge in [-0.1, -0.05) is 30.3 Å². The molecule has 2 heterocycles. The molecular formula is C22H19N5O2. The van der Waals surface area contributed by atoms with Crippen molar-refractivity contribution in [2.45, 2.75) is 6.42 Å². The third-order valence-electron chi connectivity index (χ3n) is 4.44. The molecule has 0 fully saturated rings. The number of para-hydroxylation sites is 1. The Balaban J connectivity index is 1.38. The second-order valence-electron chi connectivity index (χ2n) is 6.43. The van der Waals surface area contributed by atoms with Crippen LogP contribution in [0.3, 0.4) is 0 Å². The average molecular weight is 385 g/mol. The topological polar surface area (TPSA) is 81.8 Å². The molecule has 144 valence electrons. The number of carbonyl (C=O) groups is 1. The highest BCUT2D eigenvalue weighted by Gasteiger charge is 2.10. The summed E-state index contributed by atoms with van der Waals surface area (Å²) in [6, 6.07) is 21.7. The van der Waals surface area contributed by atoms with Crippen LogP contribution in [-0.2, 0) is 6.42 Å². The summed E-state index contributed by atoms with van der Waals surface area (Å²) in [7, 11) is 0. The molecule has 2 aromatic carbocycles. The summed E-state index contributed by atoms with van der Waals surface area (Å²) in [5.74, 6) is -0.317. The minimum absolute atomic E-state index is 0.197. The van der Waals surface area contributed by atoms with Crippen LogP contribution in [0.1, 0.15) is 16.1 Å². The smallest absolute Gasteiger partial charge is 0.271 e. The Morgan fingerprint density at radius 1 is 0.897 bits per heavy atom. The van der Waals surface area contributed by atoms with E-state index in [4.69, 9.17) is 0 Å². The lowest BCUT2D eigenvalue weighted by Crippen LogP contribution is -2.30. The summed E-state index contributed by atoms with van der Waals surface area (Å²) in [6.45, 7) is 0.464. The molecule has 4 aromatic rings. The van der Waals surface area contributed by atoms with Crippen LogP contribution in [0.5, 0.6) is 0 Å². The lowest BCUT2D eigenvalue weighted by atomic mass is 10.1. The summed E-state index contributed by atoms with van der Waals surface area (Å²) < 4.78 is 3.02. The molecule has 0 aliphatic carbocycles. The minimum Gasteiger partial charge on any atom is -0.350 e. The van der Waals surface area contributed by atoms with Crippen LogP contribution < -0.4 is 10.9 Å². The minimum atomic E-state index is -0.317. The first-order valence-electron chi connectivity index (χ1n) is 9.24. The van der Waals surface area contributed by atoms with Gasteiger partial charge in [-0.2, -0.15) is 14.9 Å². The summed E-state index contributed by atoms with van der Waals surface area (Å²) in [4.78, 5) is 24.5. The molecule has 0 atom stereocenters.